The van der Waals surface area contributed by atoms with Gasteiger partial charge in [-0.15, -0.1) is 0 Å². The van der Waals surface area contributed by atoms with E-state index in [0.717, 1.165) is 25.3 Å². The van der Waals surface area contributed by atoms with E-state index in [1.165, 1.54) is 6.07 Å². The molecule has 2 rings (SSSR count). The topological polar surface area (TPSA) is 72.2 Å². The van der Waals surface area contributed by atoms with Crippen molar-refractivity contribution in [3.63, 3.8) is 0 Å². The average Bonchev–Trinajstić information content (AvgIpc) is 3.09. The Morgan fingerprint density at radius 1 is 1.50 bits per heavy atom. The molecule has 0 aliphatic heterocycles. The molecule has 1 aliphatic carbocycles. The van der Waals surface area contributed by atoms with E-state index in [4.69, 9.17) is 17.3 Å². The molecule has 0 amide bonds. The second kappa shape index (κ2) is 5.97. The van der Waals surface area contributed by atoms with Crippen LogP contribution in [0.3, 0.4) is 0 Å². The Hall–Kier alpha value is -0.690. The normalized spacial score (nSPS) is 22.0. The maximum Gasteiger partial charge on any atom is 0.243 e. The SMILES string of the molecule is CCCC1CC1NS(=O)(=O)c1cc(Cl)cc(CN)c1F. The van der Waals surface area contributed by atoms with Crippen LogP contribution in [0.4, 0.5) is 4.39 Å². The Balaban J connectivity index is 2.24. The molecule has 7 heteroatoms. The van der Waals surface area contributed by atoms with Crippen LogP contribution < -0.4 is 10.5 Å². The molecule has 0 saturated heterocycles. The van der Waals surface area contributed by atoms with Crippen molar-refractivity contribution in [2.24, 2.45) is 11.7 Å². The Morgan fingerprint density at radius 3 is 2.80 bits per heavy atom. The lowest BCUT2D eigenvalue weighted by Gasteiger charge is -2.10. The van der Waals surface area contributed by atoms with E-state index in [1.54, 1.807) is 0 Å². The molecule has 0 aromatic heterocycles. The summed E-state index contributed by atoms with van der Waals surface area (Å²) in [5.41, 5.74) is 5.49. The first-order chi connectivity index (χ1) is 9.39. The number of halogens is 2. The van der Waals surface area contributed by atoms with Gasteiger partial charge in [-0.05, 0) is 30.9 Å². The molecular weight excluding hydrogens is 303 g/mol. The molecule has 0 radical (unpaired) electrons. The molecule has 1 aliphatic rings. The van der Waals surface area contributed by atoms with Crippen molar-refractivity contribution in [3.8, 4) is 0 Å². The molecule has 1 fully saturated rings. The predicted molar refractivity (Wildman–Crippen MR) is 76.4 cm³/mol. The summed E-state index contributed by atoms with van der Waals surface area (Å²) >= 11 is 5.82. The minimum atomic E-state index is -3.90. The second-order valence-corrected chi connectivity index (χ2v) is 7.21. The summed E-state index contributed by atoms with van der Waals surface area (Å²) < 4.78 is 41.1. The first-order valence-electron chi connectivity index (χ1n) is 6.59. The zero-order valence-electron chi connectivity index (χ0n) is 11.2. The number of sulfonamides is 1. The van der Waals surface area contributed by atoms with Crippen LogP contribution in [-0.4, -0.2) is 14.5 Å². The highest BCUT2D eigenvalue weighted by Gasteiger charge is 2.40. The first kappa shape index (κ1) is 15.7. The van der Waals surface area contributed by atoms with Crippen LogP contribution in [0.15, 0.2) is 17.0 Å². The van der Waals surface area contributed by atoms with E-state index in [0.29, 0.717) is 5.92 Å². The number of nitrogens with two attached hydrogens (primary N) is 1. The lowest BCUT2D eigenvalue weighted by atomic mass is 10.2. The van der Waals surface area contributed by atoms with E-state index in [-0.39, 0.29) is 23.2 Å². The van der Waals surface area contributed by atoms with Crippen LogP contribution in [0.1, 0.15) is 31.7 Å². The fraction of sp³-hybridized carbons (Fsp3) is 0.538. The van der Waals surface area contributed by atoms with Crippen molar-refractivity contribution in [2.75, 3.05) is 0 Å². The highest BCUT2D eigenvalue weighted by Crippen LogP contribution is 2.36. The largest absolute Gasteiger partial charge is 0.326 e. The highest BCUT2D eigenvalue weighted by molar-refractivity contribution is 7.89. The number of benzene rings is 1. The smallest absolute Gasteiger partial charge is 0.243 e. The monoisotopic (exact) mass is 320 g/mol. The summed E-state index contributed by atoms with van der Waals surface area (Å²) in [7, 11) is -3.90. The molecule has 0 spiro atoms. The zero-order chi connectivity index (χ0) is 14.9. The summed E-state index contributed by atoms with van der Waals surface area (Å²) in [5.74, 6) is -0.469. The Bertz CT molecular complexity index is 607. The van der Waals surface area contributed by atoms with Crippen LogP contribution >= 0.6 is 11.6 Å². The van der Waals surface area contributed by atoms with Crippen molar-refractivity contribution >= 4 is 21.6 Å². The van der Waals surface area contributed by atoms with Gasteiger partial charge < -0.3 is 5.73 Å². The van der Waals surface area contributed by atoms with Gasteiger partial charge in [0.25, 0.3) is 0 Å². The second-order valence-electron chi connectivity index (χ2n) is 5.09. The van der Waals surface area contributed by atoms with Crippen molar-refractivity contribution in [3.05, 3.63) is 28.5 Å². The lowest BCUT2D eigenvalue weighted by Crippen LogP contribution is -2.28. The van der Waals surface area contributed by atoms with Crippen LogP contribution in [0.25, 0.3) is 0 Å². The molecule has 2 atom stereocenters. The molecule has 20 heavy (non-hydrogen) atoms. The van der Waals surface area contributed by atoms with Crippen LogP contribution in [-0.2, 0) is 16.6 Å². The van der Waals surface area contributed by atoms with Gasteiger partial charge >= 0.3 is 0 Å². The summed E-state index contributed by atoms with van der Waals surface area (Å²) in [6.07, 6.45) is 2.78. The molecule has 112 valence electrons. The minimum absolute atomic E-state index is 0.0961. The van der Waals surface area contributed by atoms with E-state index in [9.17, 15) is 12.8 Å². The zero-order valence-corrected chi connectivity index (χ0v) is 12.8. The van der Waals surface area contributed by atoms with E-state index in [2.05, 4.69) is 4.72 Å². The molecule has 0 heterocycles. The van der Waals surface area contributed by atoms with Crippen molar-refractivity contribution in [1.82, 2.24) is 4.72 Å². The van der Waals surface area contributed by atoms with Gasteiger partial charge in [0, 0.05) is 23.2 Å². The first-order valence-corrected chi connectivity index (χ1v) is 8.45. The molecule has 1 aromatic carbocycles. The number of rotatable bonds is 6. The fourth-order valence-electron chi connectivity index (χ4n) is 2.31. The quantitative estimate of drug-likeness (QED) is 0.845. The third kappa shape index (κ3) is 3.31. The summed E-state index contributed by atoms with van der Waals surface area (Å²) in [4.78, 5) is -0.424. The van der Waals surface area contributed by atoms with Crippen LogP contribution in [0.2, 0.25) is 5.02 Å². The molecule has 1 aromatic rings. The van der Waals surface area contributed by atoms with Crippen LogP contribution in [0, 0.1) is 11.7 Å². The molecule has 4 nitrogen and oxygen atoms in total. The summed E-state index contributed by atoms with van der Waals surface area (Å²) in [5, 5.41) is 0.160. The van der Waals surface area contributed by atoms with E-state index < -0.39 is 20.7 Å². The van der Waals surface area contributed by atoms with Crippen molar-refractivity contribution < 1.29 is 12.8 Å². The third-order valence-corrected chi connectivity index (χ3v) is 5.18. The minimum Gasteiger partial charge on any atom is -0.326 e. The van der Waals surface area contributed by atoms with E-state index >= 15 is 0 Å². The van der Waals surface area contributed by atoms with Crippen molar-refractivity contribution in [2.45, 2.75) is 43.7 Å². The van der Waals surface area contributed by atoms with Gasteiger partial charge in [-0.2, -0.15) is 0 Å². The van der Waals surface area contributed by atoms with Gasteiger partial charge in [-0.1, -0.05) is 24.9 Å². The van der Waals surface area contributed by atoms with Gasteiger partial charge in [-0.3, -0.25) is 0 Å². The van der Waals surface area contributed by atoms with Crippen molar-refractivity contribution in [1.29, 1.82) is 0 Å². The van der Waals surface area contributed by atoms with E-state index in [1.807, 2.05) is 6.92 Å². The average molecular weight is 321 g/mol. The molecule has 3 N–H and O–H groups in total. The molecule has 2 unspecified atom stereocenters. The van der Waals surface area contributed by atoms with Crippen LogP contribution in [0.5, 0.6) is 0 Å². The van der Waals surface area contributed by atoms with Gasteiger partial charge in [0.1, 0.15) is 10.7 Å². The number of nitrogens with one attached hydrogen (secondary N) is 1. The van der Waals surface area contributed by atoms with Gasteiger partial charge in [0.15, 0.2) is 0 Å². The standard InChI is InChI=1S/C13H18ClFN2O2S/c1-2-3-8-5-11(8)17-20(18,19)12-6-10(14)4-9(7-16)13(12)15/h4,6,8,11,17H,2-3,5,7,16H2,1H3. The van der Waals surface area contributed by atoms with Gasteiger partial charge in [0.05, 0.1) is 0 Å². The Morgan fingerprint density at radius 2 is 2.20 bits per heavy atom. The molecular formula is C13H18ClFN2O2S. The Labute approximate surface area is 123 Å². The Kier molecular flexibility index (Phi) is 4.69. The molecule has 0 bridgehead atoms. The molecule has 1 saturated carbocycles. The van der Waals surface area contributed by atoms with Gasteiger partial charge in [-0.25, -0.2) is 17.5 Å². The maximum absolute atomic E-state index is 14.1. The van der Waals surface area contributed by atoms with Gasteiger partial charge in [0.2, 0.25) is 10.0 Å². The number of hydrogen-bond acceptors (Lipinski definition) is 3. The highest BCUT2D eigenvalue weighted by atomic mass is 35.5. The lowest BCUT2D eigenvalue weighted by molar-refractivity contribution is 0.545. The maximum atomic E-state index is 14.1. The fourth-order valence-corrected chi connectivity index (χ4v) is 4.08. The summed E-state index contributed by atoms with van der Waals surface area (Å²) in [6.45, 7) is 1.95. The predicted octanol–water partition coefficient (Wildman–Crippen LogP) is 2.40. The number of hydrogen-bond donors (Lipinski definition) is 2. The summed E-state index contributed by atoms with van der Waals surface area (Å²) in [6, 6.07) is 2.36. The third-order valence-electron chi connectivity index (χ3n) is 3.48.